The van der Waals surface area contributed by atoms with Gasteiger partial charge in [-0.2, -0.15) is 0 Å². The van der Waals surface area contributed by atoms with Crippen LogP contribution in [0.15, 0.2) is 0 Å². The maximum atomic E-state index is 5.89. The number of ether oxygens (including phenoxy) is 1. The maximum Gasteiger partial charge on any atom is 0.126 e. The molecule has 1 rings (SSSR count). The molecule has 1 aliphatic rings. The van der Waals surface area contributed by atoms with E-state index < -0.39 is 0 Å². The van der Waals surface area contributed by atoms with Gasteiger partial charge in [0.05, 0.1) is 0 Å². The molecule has 0 aliphatic carbocycles. The van der Waals surface area contributed by atoms with Crippen molar-refractivity contribution in [1.29, 1.82) is 0 Å². The van der Waals surface area contributed by atoms with Gasteiger partial charge in [0.25, 0.3) is 0 Å². The summed E-state index contributed by atoms with van der Waals surface area (Å²) in [7, 11) is 4.22. The first-order chi connectivity index (χ1) is 5.40. The van der Waals surface area contributed by atoms with Gasteiger partial charge in [-0.3, -0.25) is 4.90 Å². The van der Waals surface area contributed by atoms with Crippen molar-refractivity contribution in [3.63, 3.8) is 0 Å². The summed E-state index contributed by atoms with van der Waals surface area (Å²) in [5.41, 5.74) is 0.167. The van der Waals surface area contributed by atoms with Gasteiger partial charge in [0, 0.05) is 12.0 Å². The fourth-order valence-corrected chi connectivity index (χ4v) is 2.24. The first-order valence-electron chi connectivity index (χ1n) is 4.71. The molecule has 2 nitrogen and oxygen atoms in total. The molecular formula is C10H21NO. The predicted molar refractivity (Wildman–Crippen MR) is 51.1 cm³/mol. The van der Waals surface area contributed by atoms with E-state index in [2.05, 4.69) is 39.8 Å². The minimum atomic E-state index is -0.0347. The summed E-state index contributed by atoms with van der Waals surface area (Å²) >= 11 is 0. The molecule has 0 N–H and O–H groups in total. The van der Waals surface area contributed by atoms with Crippen molar-refractivity contribution in [2.45, 2.75) is 39.3 Å². The Morgan fingerprint density at radius 2 is 1.83 bits per heavy atom. The van der Waals surface area contributed by atoms with Gasteiger partial charge < -0.3 is 4.74 Å². The van der Waals surface area contributed by atoms with Crippen LogP contribution < -0.4 is 0 Å². The monoisotopic (exact) mass is 171 g/mol. The number of nitrogens with zero attached hydrogens (tertiary/aromatic N) is 1. The summed E-state index contributed by atoms with van der Waals surface area (Å²) in [4.78, 5) is 2.22. The quantitative estimate of drug-likeness (QED) is 0.599. The maximum absolute atomic E-state index is 5.89. The van der Waals surface area contributed by atoms with Crippen molar-refractivity contribution in [2.75, 3.05) is 20.7 Å². The van der Waals surface area contributed by atoms with Gasteiger partial charge in [0.15, 0.2) is 0 Å². The Labute approximate surface area is 75.9 Å². The molecule has 1 atom stereocenters. The van der Waals surface area contributed by atoms with E-state index in [1.54, 1.807) is 0 Å². The van der Waals surface area contributed by atoms with Gasteiger partial charge in [-0.15, -0.1) is 0 Å². The molecule has 0 aromatic heterocycles. The molecule has 0 spiro atoms. The molecule has 0 saturated carbocycles. The zero-order chi connectivity index (χ0) is 9.41. The van der Waals surface area contributed by atoms with E-state index in [9.17, 15) is 0 Å². The summed E-state index contributed by atoms with van der Waals surface area (Å²) in [6.07, 6.45) is 2.35. The van der Waals surface area contributed by atoms with Crippen molar-refractivity contribution in [2.24, 2.45) is 5.41 Å². The van der Waals surface area contributed by atoms with E-state index in [-0.39, 0.29) is 11.1 Å². The molecule has 0 radical (unpaired) electrons. The molecule has 1 fully saturated rings. The van der Waals surface area contributed by atoms with Crippen LogP contribution in [0.2, 0.25) is 0 Å². The van der Waals surface area contributed by atoms with Crippen LogP contribution in [0, 0.1) is 5.41 Å². The zero-order valence-electron chi connectivity index (χ0n) is 8.98. The lowest BCUT2D eigenvalue weighted by atomic mass is 9.80. The van der Waals surface area contributed by atoms with E-state index in [1.165, 1.54) is 6.42 Å². The lowest BCUT2D eigenvalue weighted by Gasteiger charge is -2.45. The highest BCUT2D eigenvalue weighted by molar-refractivity contribution is 4.92. The van der Waals surface area contributed by atoms with Crippen molar-refractivity contribution in [1.82, 2.24) is 4.90 Å². The third-order valence-corrected chi connectivity index (χ3v) is 2.90. The minimum absolute atomic E-state index is 0.0347. The summed E-state index contributed by atoms with van der Waals surface area (Å²) in [6, 6.07) is 0. The molecule has 72 valence electrons. The summed E-state index contributed by atoms with van der Waals surface area (Å²) in [5.74, 6) is 0. The average molecular weight is 171 g/mol. The number of hydrogen-bond acceptors (Lipinski definition) is 2. The van der Waals surface area contributed by atoms with Gasteiger partial charge in [-0.1, -0.05) is 20.8 Å². The zero-order valence-corrected chi connectivity index (χ0v) is 8.98. The van der Waals surface area contributed by atoms with Crippen LogP contribution in [0.1, 0.15) is 33.6 Å². The third kappa shape index (κ3) is 1.38. The second kappa shape index (κ2) is 3.00. The van der Waals surface area contributed by atoms with Crippen LogP contribution in [-0.2, 0) is 4.74 Å². The molecule has 2 heteroatoms. The first kappa shape index (κ1) is 10.0. The fourth-order valence-electron chi connectivity index (χ4n) is 2.24. The van der Waals surface area contributed by atoms with Crippen LogP contribution in [0.25, 0.3) is 0 Å². The summed E-state index contributed by atoms with van der Waals surface area (Å²) < 4.78 is 5.89. The third-order valence-electron chi connectivity index (χ3n) is 2.90. The van der Waals surface area contributed by atoms with Crippen molar-refractivity contribution in [3.8, 4) is 0 Å². The second-order valence-electron chi connectivity index (χ2n) is 4.88. The smallest absolute Gasteiger partial charge is 0.126 e. The standard InChI is InChI=1S/C10H21NO/c1-9(2,3)10(11(4)5)7-6-8-12-10/h6-8H2,1-5H3. The van der Waals surface area contributed by atoms with Crippen molar-refractivity contribution < 1.29 is 4.74 Å². The Morgan fingerprint density at radius 3 is 2.00 bits per heavy atom. The second-order valence-corrected chi connectivity index (χ2v) is 4.88. The van der Waals surface area contributed by atoms with Crippen LogP contribution in [0.4, 0.5) is 0 Å². The van der Waals surface area contributed by atoms with Crippen molar-refractivity contribution in [3.05, 3.63) is 0 Å². The minimum Gasteiger partial charge on any atom is -0.360 e. The number of rotatable bonds is 1. The van der Waals surface area contributed by atoms with Crippen molar-refractivity contribution >= 4 is 0 Å². The van der Waals surface area contributed by atoms with Gasteiger partial charge in [0.1, 0.15) is 5.72 Å². The molecule has 1 aliphatic heterocycles. The SMILES string of the molecule is CN(C)C1(C(C)(C)C)CCCO1. The summed E-state index contributed by atoms with van der Waals surface area (Å²) in [5, 5.41) is 0. The van der Waals surface area contributed by atoms with Crippen LogP contribution in [-0.4, -0.2) is 31.3 Å². The Bertz CT molecular complexity index is 152. The Balaban J connectivity index is 2.87. The Hall–Kier alpha value is -0.0800. The first-order valence-corrected chi connectivity index (χ1v) is 4.71. The molecular weight excluding hydrogens is 150 g/mol. The molecule has 1 saturated heterocycles. The highest BCUT2D eigenvalue weighted by Crippen LogP contribution is 2.42. The molecule has 0 aromatic rings. The molecule has 12 heavy (non-hydrogen) atoms. The average Bonchev–Trinajstić information content (AvgIpc) is 2.31. The van der Waals surface area contributed by atoms with Gasteiger partial charge in [-0.05, 0) is 26.9 Å². The van der Waals surface area contributed by atoms with E-state index in [1.807, 2.05) is 0 Å². The highest BCUT2D eigenvalue weighted by Gasteiger charge is 2.47. The highest BCUT2D eigenvalue weighted by atomic mass is 16.5. The molecule has 0 amide bonds. The lowest BCUT2D eigenvalue weighted by Crippen LogP contribution is -2.53. The van der Waals surface area contributed by atoms with E-state index in [4.69, 9.17) is 4.74 Å². The van der Waals surface area contributed by atoms with Crippen LogP contribution in [0.5, 0.6) is 0 Å². The summed E-state index contributed by atoms with van der Waals surface area (Å²) in [6.45, 7) is 7.66. The van der Waals surface area contributed by atoms with Gasteiger partial charge in [-0.25, -0.2) is 0 Å². The Morgan fingerprint density at radius 1 is 1.25 bits per heavy atom. The molecule has 1 heterocycles. The van der Waals surface area contributed by atoms with Crippen LogP contribution in [0.3, 0.4) is 0 Å². The van der Waals surface area contributed by atoms with Gasteiger partial charge in [0.2, 0.25) is 0 Å². The van der Waals surface area contributed by atoms with E-state index >= 15 is 0 Å². The van der Waals surface area contributed by atoms with E-state index in [0.717, 1.165) is 13.0 Å². The molecule has 0 bridgehead atoms. The van der Waals surface area contributed by atoms with Crippen LogP contribution >= 0.6 is 0 Å². The fraction of sp³-hybridized carbons (Fsp3) is 1.00. The predicted octanol–water partition coefficient (Wildman–Crippen LogP) is 2.10. The normalized spacial score (nSPS) is 31.5. The van der Waals surface area contributed by atoms with E-state index in [0.29, 0.717) is 0 Å². The number of hydrogen-bond donors (Lipinski definition) is 0. The van der Waals surface area contributed by atoms with Gasteiger partial charge >= 0.3 is 0 Å². The largest absolute Gasteiger partial charge is 0.360 e. The molecule has 0 aromatic carbocycles. The Kier molecular flexibility index (Phi) is 2.50. The lowest BCUT2D eigenvalue weighted by molar-refractivity contribution is -0.168. The molecule has 1 unspecified atom stereocenters. The topological polar surface area (TPSA) is 12.5 Å².